The first-order valence-electron chi connectivity index (χ1n) is 6.85. The number of hydrazine groups is 1. The number of aryl methyl sites for hydroxylation is 1. The van der Waals surface area contributed by atoms with Gasteiger partial charge in [-0.2, -0.15) is 0 Å². The molecule has 1 aliphatic heterocycles. The summed E-state index contributed by atoms with van der Waals surface area (Å²) in [6.45, 7) is 2.00. The van der Waals surface area contributed by atoms with Crippen molar-refractivity contribution in [1.82, 2.24) is 10.9 Å². The quantitative estimate of drug-likeness (QED) is 0.810. The van der Waals surface area contributed by atoms with Gasteiger partial charge in [-0.3, -0.25) is 0 Å². The first-order valence-corrected chi connectivity index (χ1v) is 6.85. The molecule has 4 nitrogen and oxygen atoms in total. The highest BCUT2D eigenvalue weighted by Gasteiger charge is 2.21. The molecule has 21 heavy (non-hydrogen) atoms. The van der Waals surface area contributed by atoms with E-state index in [1.807, 2.05) is 49.4 Å². The fourth-order valence-corrected chi connectivity index (χ4v) is 2.52. The summed E-state index contributed by atoms with van der Waals surface area (Å²) < 4.78 is 5.40. The summed E-state index contributed by atoms with van der Waals surface area (Å²) in [5.74, 6) is 1.10. The summed E-state index contributed by atoms with van der Waals surface area (Å²) in [7, 11) is 1.66. The van der Waals surface area contributed by atoms with Crippen molar-refractivity contribution in [1.29, 1.82) is 0 Å². The Morgan fingerprint density at radius 2 is 1.95 bits per heavy atom. The molecule has 0 aromatic heterocycles. The van der Waals surface area contributed by atoms with Crippen LogP contribution in [-0.2, 0) is 0 Å². The monoisotopic (exact) mass is 282 g/mol. The maximum Gasteiger partial charge on any atom is 0.124 e. The molecular formula is C17H18N2O2. The van der Waals surface area contributed by atoms with E-state index in [4.69, 9.17) is 4.74 Å². The van der Waals surface area contributed by atoms with Crippen LogP contribution in [0.25, 0.3) is 5.70 Å². The van der Waals surface area contributed by atoms with Gasteiger partial charge in [-0.25, -0.2) is 5.43 Å². The van der Waals surface area contributed by atoms with Crippen LogP contribution in [0.1, 0.15) is 22.7 Å². The molecule has 108 valence electrons. The molecule has 1 heterocycles. The third kappa shape index (κ3) is 2.58. The van der Waals surface area contributed by atoms with E-state index in [0.29, 0.717) is 0 Å². The summed E-state index contributed by atoms with van der Waals surface area (Å²) in [5.41, 5.74) is 10.2. The molecule has 0 aliphatic carbocycles. The van der Waals surface area contributed by atoms with Gasteiger partial charge in [-0.05, 0) is 31.2 Å². The number of methoxy groups -OCH3 is 1. The van der Waals surface area contributed by atoms with Gasteiger partial charge in [0.15, 0.2) is 0 Å². The SMILES string of the molecule is COc1ccccc1[C@@H]1C=C(c2cc(C)ccc2O)NN1. The summed E-state index contributed by atoms with van der Waals surface area (Å²) >= 11 is 0. The van der Waals surface area contributed by atoms with E-state index in [2.05, 4.69) is 10.9 Å². The van der Waals surface area contributed by atoms with Crippen LogP contribution in [0.5, 0.6) is 11.5 Å². The van der Waals surface area contributed by atoms with E-state index in [1.54, 1.807) is 13.2 Å². The second-order valence-corrected chi connectivity index (χ2v) is 5.09. The minimum absolute atomic E-state index is 0.00365. The molecule has 2 aromatic carbocycles. The lowest BCUT2D eigenvalue weighted by Gasteiger charge is -2.13. The van der Waals surface area contributed by atoms with Crippen LogP contribution in [0.2, 0.25) is 0 Å². The summed E-state index contributed by atoms with van der Waals surface area (Å²) in [4.78, 5) is 0. The lowest BCUT2D eigenvalue weighted by atomic mass is 10.0. The minimum Gasteiger partial charge on any atom is -0.507 e. The number of aromatic hydroxyl groups is 1. The molecule has 0 saturated heterocycles. The zero-order chi connectivity index (χ0) is 14.8. The normalized spacial score (nSPS) is 17.2. The van der Waals surface area contributed by atoms with Crippen molar-refractivity contribution < 1.29 is 9.84 Å². The van der Waals surface area contributed by atoms with E-state index in [0.717, 1.165) is 28.1 Å². The number of hydrogen-bond acceptors (Lipinski definition) is 4. The van der Waals surface area contributed by atoms with Crippen LogP contribution < -0.4 is 15.6 Å². The van der Waals surface area contributed by atoms with E-state index in [-0.39, 0.29) is 11.8 Å². The van der Waals surface area contributed by atoms with Gasteiger partial charge in [-0.1, -0.05) is 29.8 Å². The van der Waals surface area contributed by atoms with Crippen molar-refractivity contribution in [3.05, 3.63) is 65.2 Å². The maximum absolute atomic E-state index is 10.0. The molecule has 0 radical (unpaired) electrons. The molecule has 0 fully saturated rings. The Labute approximate surface area is 124 Å². The number of nitrogens with one attached hydrogen (secondary N) is 2. The second-order valence-electron chi connectivity index (χ2n) is 5.09. The Hall–Kier alpha value is -2.46. The smallest absolute Gasteiger partial charge is 0.124 e. The van der Waals surface area contributed by atoms with Crippen molar-refractivity contribution in [2.75, 3.05) is 7.11 Å². The highest BCUT2D eigenvalue weighted by molar-refractivity contribution is 5.71. The molecule has 2 aromatic rings. The molecule has 1 aliphatic rings. The number of hydrogen-bond donors (Lipinski definition) is 3. The van der Waals surface area contributed by atoms with Gasteiger partial charge in [0.25, 0.3) is 0 Å². The predicted molar refractivity (Wildman–Crippen MR) is 82.8 cm³/mol. The van der Waals surface area contributed by atoms with Crippen molar-refractivity contribution in [3.63, 3.8) is 0 Å². The van der Waals surface area contributed by atoms with Crippen LogP contribution in [0, 0.1) is 6.92 Å². The van der Waals surface area contributed by atoms with Gasteiger partial charge in [0.05, 0.1) is 18.8 Å². The lowest BCUT2D eigenvalue weighted by Crippen LogP contribution is -2.26. The van der Waals surface area contributed by atoms with Crippen molar-refractivity contribution in [3.8, 4) is 11.5 Å². The fourth-order valence-electron chi connectivity index (χ4n) is 2.52. The first kappa shape index (κ1) is 13.5. The Morgan fingerprint density at radius 3 is 2.76 bits per heavy atom. The summed E-state index contributed by atoms with van der Waals surface area (Å²) in [6.07, 6.45) is 2.05. The van der Waals surface area contributed by atoms with Gasteiger partial charge in [0.1, 0.15) is 11.5 Å². The molecule has 4 heteroatoms. The Bertz CT molecular complexity index is 695. The Morgan fingerprint density at radius 1 is 1.14 bits per heavy atom. The first-order chi connectivity index (χ1) is 10.2. The molecule has 0 spiro atoms. The molecule has 1 atom stereocenters. The number of phenols is 1. The predicted octanol–water partition coefficient (Wildman–Crippen LogP) is 2.90. The molecule has 3 N–H and O–H groups in total. The number of benzene rings is 2. The highest BCUT2D eigenvalue weighted by Crippen LogP contribution is 2.33. The number of para-hydroxylation sites is 1. The van der Waals surface area contributed by atoms with Crippen molar-refractivity contribution in [2.24, 2.45) is 0 Å². The zero-order valence-corrected chi connectivity index (χ0v) is 12.1. The van der Waals surface area contributed by atoms with E-state index < -0.39 is 0 Å². The lowest BCUT2D eigenvalue weighted by molar-refractivity contribution is 0.404. The fraction of sp³-hybridized carbons (Fsp3) is 0.176. The van der Waals surface area contributed by atoms with E-state index in [1.165, 1.54) is 0 Å². The van der Waals surface area contributed by atoms with Gasteiger partial charge in [-0.15, -0.1) is 0 Å². The van der Waals surface area contributed by atoms with Crippen LogP contribution in [-0.4, -0.2) is 12.2 Å². The highest BCUT2D eigenvalue weighted by atomic mass is 16.5. The second kappa shape index (κ2) is 5.50. The van der Waals surface area contributed by atoms with E-state index in [9.17, 15) is 5.11 Å². The van der Waals surface area contributed by atoms with Gasteiger partial charge in [0.2, 0.25) is 0 Å². The number of phenolic OH excluding ortho intramolecular Hbond substituents is 1. The van der Waals surface area contributed by atoms with E-state index >= 15 is 0 Å². The minimum atomic E-state index is -0.00365. The third-order valence-corrected chi connectivity index (χ3v) is 3.61. The van der Waals surface area contributed by atoms with Crippen molar-refractivity contribution >= 4 is 5.70 Å². The topological polar surface area (TPSA) is 53.5 Å². The molecule has 0 unspecified atom stereocenters. The molecule has 3 rings (SSSR count). The standard InChI is InChI=1S/C17H18N2O2/c1-11-7-8-16(20)13(9-11)15-10-14(18-19-15)12-5-3-4-6-17(12)21-2/h3-10,14,18-20H,1-2H3/t14-/m0/s1. The molecule has 0 saturated carbocycles. The Kier molecular flexibility index (Phi) is 3.54. The van der Waals surface area contributed by atoms with Crippen LogP contribution in [0.3, 0.4) is 0 Å². The number of ether oxygens (including phenoxy) is 1. The molecule has 0 bridgehead atoms. The van der Waals surface area contributed by atoms with Gasteiger partial charge < -0.3 is 15.3 Å². The third-order valence-electron chi connectivity index (χ3n) is 3.61. The molecular weight excluding hydrogens is 264 g/mol. The van der Waals surface area contributed by atoms with Gasteiger partial charge in [0, 0.05) is 11.1 Å². The maximum atomic E-state index is 10.0. The van der Waals surface area contributed by atoms with Crippen LogP contribution in [0.4, 0.5) is 0 Å². The largest absolute Gasteiger partial charge is 0.507 e. The summed E-state index contributed by atoms with van der Waals surface area (Å²) in [5, 5.41) is 10.0. The van der Waals surface area contributed by atoms with Gasteiger partial charge >= 0.3 is 0 Å². The average molecular weight is 282 g/mol. The molecule has 0 amide bonds. The summed E-state index contributed by atoms with van der Waals surface area (Å²) in [6, 6.07) is 13.4. The van der Waals surface area contributed by atoms with Crippen molar-refractivity contribution in [2.45, 2.75) is 13.0 Å². The Balaban J connectivity index is 1.96. The average Bonchev–Trinajstić information content (AvgIpc) is 2.99. The zero-order valence-electron chi connectivity index (χ0n) is 12.1. The van der Waals surface area contributed by atoms with Crippen LogP contribution in [0.15, 0.2) is 48.5 Å². The van der Waals surface area contributed by atoms with Crippen LogP contribution >= 0.6 is 0 Å². The number of rotatable bonds is 3.